The SMILES string of the molecule is CCN(Cc1cc(=O)n2ccsc2n1)C(C)CC(=O)O. The maximum atomic E-state index is 11.9. The van der Waals surface area contributed by atoms with E-state index < -0.39 is 5.97 Å². The largest absolute Gasteiger partial charge is 0.481 e. The molecule has 1 N–H and O–H groups in total. The molecule has 0 aliphatic carbocycles. The summed E-state index contributed by atoms with van der Waals surface area (Å²) in [4.78, 5) is 29.8. The van der Waals surface area contributed by atoms with Crippen molar-refractivity contribution in [2.45, 2.75) is 32.9 Å². The normalized spacial score (nSPS) is 12.9. The number of carboxylic acid groups (broad SMARTS) is 1. The van der Waals surface area contributed by atoms with Crippen molar-refractivity contribution >= 4 is 22.3 Å². The van der Waals surface area contributed by atoms with E-state index in [0.717, 1.165) is 0 Å². The van der Waals surface area contributed by atoms with Crippen molar-refractivity contribution in [3.05, 3.63) is 33.7 Å². The van der Waals surface area contributed by atoms with Gasteiger partial charge in [-0.15, -0.1) is 11.3 Å². The van der Waals surface area contributed by atoms with E-state index in [-0.39, 0.29) is 18.0 Å². The summed E-state index contributed by atoms with van der Waals surface area (Å²) in [6.45, 7) is 5.03. The number of aliphatic carboxylic acids is 1. The molecule has 0 spiro atoms. The van der Waals surface area contributed by atoms with Crippen LogP contribution in [0.1, 0.15) is 26.0 Å². The summed E-state index contributed by atoms with van der Waals surface area (Å²) in [5.41, 5.74) is 0.574. The van der Waals surface area contributed by atoms with Crippen LogP contribution in [0.3, 0.4) is 0 Å². The lowest BCUT2D eigenvalue weighted by Crippen LogP contribution is -2.34. The molecule has 2 rings (SSSR count). The Labute approximate surface area is 120 Å². The Morgan fingerprint density at radius 3 is 3.00 bits per heavy atom. The van der Waals surface area contributed by atoms with Crippen molar-refractivity contribution in [3.63, 3.8) is 0 Å². The van der Waals surface area contributed by atoms with Gasteiger partial charge >= 0.3 is 5.97 Å². The number of rotatable bonds is 6. The van der Waals surface area contributed by atoms with E-state index in [1.54, 1.807) is 6.20 Å². The maximum Gasteiger partial charge on any atom is 0.304 e. The Hall–Kier alpha value is -1.73. The van der Waals surface area contributed by atoms with E-state index in [1.807, 2.05) is 24.1 Å². The van der Waals surface area contributed by atoms with Gasteiger partial charge < -0.3 is 5.11 Å². The molecule has 1 unspecified atom stereocenters. The Kier molecular flexibility index (Phi) is 4.51. The third kappa shape index (κ3) is 3.23. The second kappa shape index (κ2) is 6.15. The first-order valence-electron chi connectivity index (χ1n) is 6.43. The number of aromatic nitrogens is 2. The van der Waals surface area contributed by atoms with Crippen LogP contribution >= 0.6 is 11.3 Å². The van der Waals surface area contributed by atoms with Crippen LogP contribution in [0.5, 0.6) is 0 Å². The zero-order valence-corrected chi connectivity index (χ0v) is 12.3. The summed E-state index contributed by atoms with van der Waals surface area (Å²) in [6, 6.07) is 1.41. The maximum absolute atomic E-state index is 11.9. The molecule has 1 atom stereocenters. The summed E-state index contributed by atoms with van der Waals surface area (Å²) in [7, 11) is 0. The van der Waals surface area contributed by atoms with Crippen LogP contribution in [0.4, 0.5) is 0 Å². The van der Waals surface area contributed by atoms with Gasteiger partial charge in [0.15, 0.2) is 4.96 Å². The molecule has 0 radical (unpaired) electrons. The molecular weight excluding hydrogens is 278 g/mol. The third-order valence-electron chi connectivity index (χ3n) is 3.22. The highest BCUT2D eigenvalue weighted by atomic mass is 32.1. The Bertz CT molecular complexity index is 664. The fraction of sp³-hybridized carbons (Fsp3) is 0.462. The first-order chi connectivity index (χ1) is 9.51. The van der Waals surface area contributed by atoms with Crippen molar-refractivity contribution in [2.75, 3.05) is 6.54 Å². The van der Waals surface area contributed by atoms with E-state index in [4.69, 9.17) is 5.11 Å². The van der Waals surface area contributed by atoms with E-state index >= 15 is 0 Å². The predicted octanol–water partition coefficient (Wildman–Crippen LogP) is 1.44. The highest BCUT2D eigenvalue weighted by Gasteiger charge is 2.17. The number of nitrogens with zero attached hydrogens (tertiary/aromatic N) is 3. The zero-order valence-electron chi connectivity index (χ0n) is 11.4. The molecule has 0 bridgehead atoms. The number of carbonyl (C=O) groups is 1. The van der Waals surface area contributed by atoms with Gasteiger partial charge in [0.1, 0.15) is 0 Å². The van der Waals surface area contributed by atoms with Crippen LogP contribution in [0.15, 0.2) is 22.4 Å². The number of hydrogen-bond acceptors (Lipinski definition) is 5. The number of fused-ring (bicyclic) bond motifs is 1. The Balaban J connectivity index is 2.20. The molecule has 2 heterocycles. The van der Waals surface area contributed by atoms with E-state index in [2.05, 4.69) is 4.98 Å². The lowest BCUT2D eigenvalue weighted by atomic mass is 10.2. The molecular formula is C13H17N3O3S. The van der Waals surface area contributed by atoms with Crippen molar-refractivity contribution in [3.8, 4) is 0 Å². The minimum absolute atomic E-state index is 0.0774. The topological polar surface area (TPSA) is 74.9 Å². The Morgan fingerprint density at radius 1 is 1.60 bits per heavy atom. The average Bonchev–Trinajstić information content (AvgIpc) is 2.83. The molecule has 2 aromatic rings. The van der Waals surface area contributed by atoms with Gasteiger partial charge in [0.25, 0.3) is 5.56 Å². The highest BCUT2D eigenvalue weighted by Crippen LogP contribution is 2.11. The fourth-order valence-electron chi connectivity index (χ4n) is 2.14. The zero-order chi connectivity index (χ0) is 14.7. The van der Waals surface area contributed by atoms with Crippen molar-refractivity contribution in [1.82, 2.24) is 14.3 Å². The molecule has 0 fully saturated rings. The van der Waals surface area contributed by atoms with Crippen LogP contribution in [0.2, 0.25) is 0 Å². The van der Waals surface area contributed by atoms with Crippen LogP contribution in [0, 0.1) is 0 Å². The molecule has 6 nitrogen and oxygen atoms in total. The molecule has 0 aliphatic rings. The lowest BCUT2D eigenvalue weighted by Gasteiger charge is -2.26. The molecule has 0 aliphatic heterocycles. The van der Waals surface area contributed by atoms with Crippen LogP contribution in [0.25, 0.3) is 4.96 Å². The summed E-state index contributed by atoms with van der Waals surface area (Å²) < 4.78 is 1.51. The molecule has 7 heteroatoms. The first kappa shape index (κ1) is 14.7. The van der Waals surface area contributed by atoms with Crippen LogP contribution in [-0.2, 0) is 11.3 Å². The highest BCUT2D eigenvalue weighted by molar-refractivity contribution is 7.15. The van der Waals surface area contributed by atoms with Gasteiger partial charge in [-0.3, -0.25) is 18.9 Å². The van der Waals surface area contributed by atoms with Crippen molar-refractivity contribution in [2.24, 2.45) is 0 Å². The standard InChI is InChI=1S/C13H17N3O3S/c1-3-15(9(2)6-12(18)19)8-10-7-11(17)16-4-5-20-13(16)14-10/h4-5,7,9H,3,6,8H2,1-2H3,(H,18,19). The van der Waals surface area contributed by atoms with Crippen molar-refractivity contribution in [1.29, 1.82) is 0 Å². The van der Waals surface area contributed by atoms with Crippen molar-refractivity contribution < 1.29 is 9.90 Å². The van der Waals surface area contributed by atoms with Gasteiger partial charge in [0.2, 0.25) is 0 Å². The first-order valence-corrected chi connectivity index (χ1v) is 7.31. The number of hydrogen-bond donors (Lipinski definition) is 1. The van der Waals surface area contributed by atoms with E-state index in [1.165, 1.54) is 21.8 Å². The summed E-state index contributed by atoms with van der Waals surface area (Å²) in [6.07, 6.45) is 1.78. The van der Waals surface area contributed by atoms with Crippen LogP contribution in [-0.4, -0.2) is 37.9 Å². The van der Waals surface area contributed by atoms with Gasteiger partial charge in [0.05, 0.1) is 12.1 Å². The molecule has 108 valence electrons. The second-order valence-corrected chi connectivity index (χ2v) is 5.52. The lowest BCUT2D eigenvalue weighted by molar-refractivity contribution is -0.138. The van der Waals surface area contributed by atoms with Gasteiger partial charge in [0, 0.05) is 30.2 Å². The number of carboxylic acids is 1. The molecule has 0 saturated heterocycles. The predicted molar refractivity (Wildman–Crippen MR) is 77.1 cm³/mol. The quantitative estimate of drug-likeness (QED) is 0.873. The minimum atomic E-state index is -0.822. The van der Waals surface area contributed by atoms with E-state index in [0.29, 0.717) is 23.7 Å². The van der Waals surface area contributed by atoms with Gasteiger partial charge in [-0.1, -0.05) is 6.92 Å². The van der Waals surface area contributed by atoms with Gasteiger partial charge in [-0.05, 0) is 13.5 Å². The monoisotopic (exact) mass is 295 g/mol. The average molecular weight is 295 g/mol. The van der Waals surface area contributed by atoms with Gasteiger partial charge in [-0.2, -0.15) is 0 Å². The smallest absolute Gasteiger partial charge is 0.304 e. The summed E-state index contributed by atoms with van der Waals surface area (Å²) >= 11 is 1.41. The second-order valence-electron chi connectivity index (χ2n) is 4.65. The van der Waals surface area contributed by atoms with Gasteiger partial charge in [-0.25, -0.2) is 4.98 Å². The van der Waals surface area contributed by atoms with Crippen LogP contribution < -0.4 is 5.56 Å². The van der Waals surface area contributed by atoms with E-state index in [9.17, 15) is 9.59 Å². The molecule has 2 aromatic heterocycles. The minimum Gasteiger partial charge on any atom is -0.481 e. The summed E-state index contributed by atoms with van der Waals surface area (Å²) in [5, 5.41) is 10.7. The molecule has 0 saturated carbocycles. The molecule has 20 heavy (non-hydrogen) atoms. The fourth-order valence-corrected chi connectivity index (χ4v) is 2.88. The molecule has 0 amide bonds. The third-order valence-corrected chi connectivity index (χ3v) is 3.98. The molecule has 0 aromatic carbocycles. The number of thiazole rings is 1. The summed E-state index contributed by atoms with van der Waals surface area (Å²) in [5.74, 6) is -0.822. The Morgan fingerprint density at radius 2 is 2.35 bits per heavy atom.